The van der Waals surface area contributed by atoms with E-state index in [0.717, 1.165) is 13.2 Å². The van der Waals surface area contributed by atoms with Crippen LogP contribution in [0.3, 0.4) is 0 Å². The van der Waals surface area contributed by atoms with Crippen LogP contribution >= 0.6 is 0 Å². The van der Waals surface area contributed by atoms with Gasteiger partial charge in [-0.05, 0) is 32.7 Å². The highest BCUT2D eigenvalue weighted by Crippen LogP contribution is 2.17. The number of nitrogens with one attached hydrogen (secondary N) is 1. The molecule has 2 aliphatic rings. The Morgan fingerprint density at radius 1 is 1.29 bits per heavy atom. The van der Waals surface area contributed by atoms with E-state index in [2.05, 4.69) is 24.1 Å². The molecule has 3 heteroatoms. The number of morpholine rings is 1. The normalized spacial score (nSPS) is 36.7. The van der Waals surface area contributed by atoms with E-state index in [9.17, 15) is 0 Å². The first kappa shape index (κ1) is 13.3. The molecule has 2 rings (SSSR count). The molecule has 2 saturated heterocycles. The second kappa shape index (κ2) is 6.72. The number of ether oxygens (including phenoxy) is 1. The van der Waals surface area contributed by atoms with E-state index in [4.69, 9.17) is 4.74 Å². The number of hydrogen-bond donors (Lipinski definition) is 1. The minimum absolute atomic E-state index is 0.406. The van der Waals surface area contributed by atoms with Crippen LogP contribution in [0.5, 0.6) is 0 Å². The summed E-state index contributed by atoms with van der Waals surface area (Å²) < 4.78 is 5.76. The van der Waals surface area contributed by atoms with Crippen molar-refractivity contribution in [3.8, 4) is 0 Å². The first-order valence-electron chi connectivity index (χ1n) is 7.38. The van der Waals surface area contributed by atoms with Crippen LogP contribution in [0, 0.1) is 0 Å². The van der Waals surface area contributed by atoms with Gasteiger partial charge in [0.1, 0.15) is 0 Å². The van der Waals surface area contributed by atoms with E-state index in [0.29, 0.717) is 18.2 Å². The highest BCUT2D eigenvalue weighted by atomic mass is 16.5. The molecule has 0 aromatic heterocycles. The van der Waals surface area contributed by atoms with Gasteiger partial charge < -0.3 is 10.1 Å². The van der Waals surface area contributed by atoms with Crippen LogP contribution in [0.15, 0.2) is 0 Å². The maximum absolute atomic E-state index is 5.76. The Labute approximate surface area is 106 Å². The maximum Gasteiger partial charge on any atom is 0.0674 e. The van der Waals surface area contributed by atoms with Crippen molar-refractivity contribution in [1.82, 2.24) is 10.2 Å². The fourth-order valence-corrected chi connectivity index (χ4v) is 3.05. The largest absolute Gasteiger partial charge is 0.376 e. The molecule has 2 fully saturated rings. The highest BCUT2D eigenvalue weighted by molar-refractivity contribution is 4.82. The molecule has 17 heavy (non-hydrogen) atoms. The lowest BCUT2D eigenvalue weighted by atomic mass is 10.1. The fraction of sp³-hybridized carbons (Fsp3) is 1.00. The highest BCUT2D eigenvalue weighted by Gasteiger charge is 2.27. The third kappa shape index (κ3) is 3.94. The lowest BCUT2D eigenvalue weighted by molar-refractivity contribution is -0.0585. The Hall–Kier alpha value is -0.120. The number of hydrogen-bond acceptors (Lipinski definition) is 3. The molecule has 1 N–H and O–H groups in total. The van der Waals surface area contributed by atoms with E-state index in [1.807, 2.05) is 0 Å². The third-order valence-electron chi connectivity index (χ3n) is 4.17. The van der Waals surface area contributed by atoms with Crippen molar-refractivity contribution in [1.29, 1.82) is 0 Å². The zero-order chi connectivity index (χ0) is 12.1. The average Bonchev–Trinajstić information content (AvgIpc) is 2.58. The summed E-state index contributed by atoms with van der Waals surface area (Å²) in [6, 6.07) is 1.34. The second-order valence-corrected chi connectivity index (χ2v) is 5.66. The molecular formula is C14H28N2O. The fourth-order valence-electron chi connectivity index (χ4n) is 3.05. The topological polar surface area (TPSA) is 24.5 Å². The molecule has 100 valence electrons. The summed E-state index contributed by atoms with van der Waals surface area (Å²) in [6.45, 7) is 8.92. The monoisotopic (exact) mass is 240 g/mol. The van der Waals surface area contributed by atoms with Crippen LogP contribution in [0.1, 0.15) is 46.0 Å². The van der Waals surface area contributed by atoms with Gasteiger partial charge in [0.2, 0.25) is 0 Å². The maximum atomic E-state index is 5.76. The van der Waals surface area contributed by atoms with Crippen LogP contribution in [0.2, 0.25) is 0 Å². The molecule has 0 bridgehead atoms. The molecule has 2 heterocycles. The molecule has 0 saturated carbocycles. The Bertz CT molecular complexity index is 214. The zero-order valence-electron chi connectivity index (χ0n) is 11.5. The van der Waals surface area contributed by atoms with Crippen molar-refractivity contribution in [2.75, 3.05) is 26.2 Å². The van der Waals surface area contributed by atoms with E-state index < -0.39 is 0 Å². The van der Waals surface area contributed by atoms with Crippen LogP contribution in [-0.2, 0) is 4.74 Å². The lowest BCUT2D eigenvalue weighted by Crippen LogP contribution is -2.53. The van der Waals surface area contributed by atoms with Crippen LogP contribution in [0.25, 0.3) is 0 Å². The molecule has 3 nitrogen and oxygen atoms in total. The molecule has 0 radical (unpaired) electrons. The molecular weight excluding hydrogens is 212 g/mol. The summed E-state index contributed by atoms with van der Waals surface area (Å²) >= 11 is 0. The zero-order valence-corrected chi connectivity index (χ0v) is 11.5. The van der Waals surface area contributed by atoms with E-state index in [-0.39, 0.29) is 0 Å². The predicted octanol–water partition coefficient (Wildman–Crippen LogP) is 2.02. The lowest BCUT2D eigenvalue weighted by Gasteiger charge is -2.40. The predicted molar refractivity (Wildman–Crippen MR) is 71.3 cm³/mol. The molecule has 3 unspecified atom stereocenters. The van der Waals surface area contributed by atoms with Gasteiger partial charge in [0.05, 0.1) is 12.7 Å². The van der Waals surface area contributed by atoms with E-state index in [1.165, 1.54) is 45.2 Å². The molecule has 0 amide bonds. The minimum atomic E-state index is 0.406. The quantitative estimate of drug-likeness (QED) is 0.817. The molecule has 2 aliphatic heterocycles. The summed E-state index contributed by atoms with van der Waals surface area (Å²) in [5.74, 6) is 0. The standard InChI is InChI=1S/C14H28N2O/c1-3-14-11-17-12(2)9-16(14)10-13-7-5-4-6-8-15-13/h12-15H,3-11H2,1-2H3. The first-order chi connectivity index (χ1) is 8.29. The molecule has 0 spiro atoms. The number of rotatable bonds is 3. The van der Waals surface area contributed by atoms with Gasteiger partial charge in [-0.2, -0.15) is 0 Å². The van der Waals surface area contributed by atoms with Gasteiger partial charge in [0.15, 0.2) is 0 Å². The number of nitrogens with zero attached hydrogens (tertiary/aromatic N) is 1. The summed E-state index contributed by atoms with van der Waals surface area (Å²) in [7, 11) is 0. The second-order valence-electron chi connectivity index (χ2n) is 5.66. The average molecular weight is 240 g/mol. The summed E-state index contributed by atoms with van der Waals surface area (Å²) in [6.07, 6.45) is 7.12. The van der Waals surface area contributed by atoms with Gasteiger partial charge in [-0.1, -0.05) is 19.8 Å². The Morgan fingerprint density at radius 3 is 3.00 bits per heavy atom. The third-order valence-corrected chi connectivity index (χ3v) is 4.17. The van der Waals surface area contributed by atoms with Gasteiger partial charge in [-0.25, -0.2) is 0 Å². The van der Waals surface area contributed by atoms with Crippen molar-refractivity contribution >= 4 is 0 Å². The van der Waals surface area contributed by atoms with Gasteiger partial charge in [0.25, 0.3) is 0 Å². The van der Waals surface area contributed by atoms with Gasteiger partial charge >= 0.3 is 0 Å². The van der Waals surface area contributed by atoms with Crippen molar-refractivity contribution in [3.63, 3.8) is 0 Å². The SMILES string of the molecule is CCC1COC(C)CN1CC1CCCCCN1. The van der Waals surface area contributed by atoms with Gasteiger partial charge in [-0.3, -0.25) is 4.90 Å². The van der Waals surface area contributed by atoms with Crippen molar-refractivity contribution in [2.45, 2.75) is 64.1 Å². The molecule has 0 aromatic carbocycles. The van der Waals surface area contributed by atoms with Crippen LogP contribution in [0.4, 0.5) is 0 Å². The Morgan fingerprint density at radius 2 is 2.18 bits per heavy atom. The van der Waals surface area contributed by atoms with E-state index >= 15 is 0 Å². The first-order valence-corrected chi connectivity index (χ1v) is 7.38. The van der Waals surface area contributed by atoms with Crippen LogP contribution < -0.4 is 5.32 Å². The Kier molecular flexibility index (Phi) is 5.26. The smallest absolute Gasteiger partial charge is 0.0674 e. The van der Waals surface area contributed by atoms with Gasteiger partial charge in [0, 0.05) is 25.2 Å². The van der Waals surface area contributed by atoms with Gasteiger partial charge in [-0.15, -0.1) is 0 Å². The van der Waals surface area contributed by atoms with E-state index in [1.54, 1.807) is 0 Å². The van der Waals surface area contributed by atoms with Crippen molar-refractivity contribution in [3.05, 3.63) is 0 Å². The molecule has 0 aromatic rings. The van der Waals surface area contributed by atoms with Crippen LogP contribution in [-0.4, -0.2) is 49.3 Å². The Balaban J connectivity index is 1.85. The van der Waals surface area contributed by atoms with Crippen molar-refractivity contribution < 1.29 is 4.74 Å². The minimum Gasteiger partial charge on any atom is -0.376 e. The summed E-state index contributed by atoms with van der Waals surface area (Å²) in [5.41, 5.74) is 0. The van der Waals surface area contributed by atoms with Crippen molar-refractivity contribution in [2.24, 2.45) is 0 Å². The molecule has 3 atom stereocenters. The molecule has 0 aliphatic carbocycles. The summed E-state index contributed by atoms with van der Waals surface area (Å²) in [5, 5.41) is 3.71. The summed E-state index contributed by atoms with van der Waals surface area (Å²) in [4.78, 5) is 2.65.